The van der Waals surface area contributed by atoms with Crippen LogP contribution in [0.15, 0.2) is 30.3 Å². The van der Waals surface area contributed by atoms with Gasteiger partial charge in [-0.15, -0.1) is 0 Å². The SMILES string of the molecule is CSCC[C@H](NC(=O)[C@@H](NC(=O)[C@H](CCCCCN)NC(=O)[C@H](CCC(N)=O)NC(=O)[C@@H]1CCCN1C(=O)[C@@H]1CCCN1)C(C)C)C(=O)N[C@@H](Cc1ccccc1)C(=O)O. The number of carbonyl (C=O) groups is 8. The van der Waals surface area contributed by atoms with Crippen molar-refractivity contribution in [1.29, 1.82) is 0 Å². The minimum atomic E-state index is -1.28. The highest BCUT2D eigenvalue weighted by molar-refractivity contribution is 7.98. The molecule has 2 saturated heterocycles. The molecule has 2 aliphatic rings. The summed E-state index contributed by atoms with van der Waals surface area (Å²) in [6.45, 7) is 4.92. The van der Waals surface area contributed by atoms with Crippen molar-refractivity contribution >= 4 is 59.1 Å². The molecule has 7 atom stereocenters. The van der Waals surface area contributed by atoms with Crippen molar-refractivity contribution in [3.8, 4) is 0 Å². The first-order valence-electron chi connectivity index (χ1n) is 21.0. The molecule has 0 radical (unpaired) electrons. The number of nitrogens with one attached hydrogen (secondary N) is 6. The van der Waals surface area contributed by atoms with Gasteiger partial charge in [0.05, 0.1) is 6.04 Å². The van der Waals surface area contributed by atoms with Crippen LogP contribution in [0.3, 0.4) is 0 Å². The number of carboxylic acids is 1. The summed E-state index contributed by atoms with van der Waals surface area (Å²) in [7, 11) is 0. The van der Waals surface area contributed by atoms with Crippen LogP contribution in [-0.4, -0.2) is 131 Å². The first-order chi connectivity index (χ1) is 28.7. The molecule has 60 heavy (non-hydrogen) atoms. The maximum atomic E-state index is 14.0. The second-order valence-electron chi connectivity index (χ2n) is 15.8. The molecule has 334 valence electrons. The number of unbranched alkanes of at least 4 members (excludes halogenated alkanes) is 2. The highest BCUT2D eigenvalue weighted by atomic mass is 32.2. The Morgan fingerprint density at radius 1 is 0.800 bits per heavy atom. The lowest BCUT2D eigenvalue weighted by atomic mass is 10.00. The van der Waals surface area contributed by atoms with Crippen molar-refractivity contribution < 1.29 is 43.5 Å². The van der Waals surface area contributed by atoms with Crippen LogP contribution < -0.4 is 43.4 Å². The van der Waals surface area contributed by atoms with Crippen LogP contribution in [0.5, 0.6) is 0 Å². The number of benzene rings is 1. The Morgan fingerprint density at radius 3 is 2.03 bits per heavy atom. The zero-order chi connectivity index (χ0) is 44.2. The van der Waals surface area contributed by atoms with Gasteiger partial charge in [0.25, 0.3) is 0 Å². The summed E-state index contributed by atoms with van der Waals surface area (Å²) in [5.74, 6) is -5.52. The zero-order valence-electron chi connectivity index (χ0n) is 35.0. The third-order valence-electron chi connectivity index (χ3n) is 10.7. The topological polar surface area (TPSA) is 284 Å². The molecular weight excluding hydrogens is 795 g/mol. The number of aliphatic carboxylic acids is 1. The molecule has 0 unspecified atom stereocenters. The highest BCUT2D eigenvalue weighted by Crippen LogP contribution is 2.21. The van der Waals surface area contributed by atoms with Gasteiger partial charge in [0.2, 0.25) is 41.4 Å². The first kappa shape index (κ1) is 49.6. The molecule has 18 nitrogen and oxygen atoms in total. The number of hydrogen-bond donors (Lipinski definition) is 9. The van der Waals surface area contributed by atoms with Crippen LogP contribution in [0, 0.1) is 5.92 Å². The average molecular weight is 860 g/mol. The Labute approximate surface area is 356 Å². The summed E-state index contributed by atoms with van der Waals surface area (Å²) in [6, 6.07) is 1.61. The van der Waals surface area contributed by atoms with Gasteiger partial charge in [-0.05, 0) is 87.9 Å². The lowest BCUT2D eigenvalue weighted by Gasteiger charge is -2.30. The van der Waals surface area contributed by atoms with Crippen LogP contribution in [0.25, 0.3) is 0 Å². The largest absolute Gasteiger partial charge is 0.480 e. The lowest BCUT2D eigenvalue weighted by molar-refractivity contribution is -0.142. The van der Waals surface area contributed by atoms with Gasteiger partial charge in [0.15, 0.2) is 0 Å². The molecular formula is C41H65N9O9S. The molecule has 11 N–H and O–H groups in total. The highest BCUT2D eigenvalue weighted by Gasteiger charge is 2.40. The Bertz CT molecular complexity index is 1610. The van der Waals surface area contributed by atoms with E-state index in [2.05, 4.69) is 31.9 Å². The molecule has 19 heteroatoms. The quantitative estimate of drug-likeness (QED) is 0.0542. The molecule has 3 rings (SSSR count). The van der Waals surface area contributed by atoms with E-state index in [9.17, 15) is 43.5 Å². The van der Waals surface area contributed by atoms with Gasteiger partial charge in [-0.1, -0.05) is 57.0 Å². The van der Waals surface area contributed by atoms with Crippen LogP contribution in [-0.2, 0) is 44.8 Å². The van der Waals surface area contributed by atoms with E-state index in [1.165, 1.54) is 16.7 Å². The summed E-state index contributed by atoms with van der Waals surface area (Å²) in [6.07, 6.45) is 6.06. The maximum Gasteiger partial charge on any atom is 0.326 e. The van der Waals surface area contributed by atoms with E-state index in [4.69, 9.17) is 11.5 Å². The molecule has 1 aromatic rings. The van der Waals surface area contributed by atoms with Gasteiger partial charge in [0, 0.05) is 19.4 Å². The van der Waals surface area contributed by atoms with Crippen LogP contribution in [0.1, 0.15) is 90.0 Å². The molecule has 2 heterocycles. The third kappa shape index (κ3) is 16.0. The van der Waals surface area contributed by atoms with Crippen LogP contribution in [0.4, 0.5) is 0 Å². The minimum Gasteiger partial charge on any atom is -0.480 e. The van der Waals surface area contributed by atoms with E-state index in [1.54, 1.807) is 44.2 Å². The summed E-state index contributed by atoms with van der Waals surface area (Å²) in [5, 5.41) is 26.5. The van der Waals surface area contributed by atoms with Gasteiger partial charge >= 0.3 is 5.97 Å². The van der Waals surface area contributed by atoms with Gasteiger partial charge in [0.1, 0.15) is 36.3 Å². The van der Waals surface area contributed by atoms with Gasteiger partial charge < -0.3 is 53.4 Å². The van der Waals surface area contributed by atoms with Gasteiger partial charge in [-0.2, -0.15) is 11.8 Å². The normalized spacial score (nSPS) is 18.7. The predicted molar refractivity (Wildman–Crippen MR) is 227 cm³/mol. The third-order valence-corrected chi connectivity index (χ3v) is 11.4. The fourth-order valence-corrected chi connectivity index (χ4v) is 7.78. The molecule has 7 amide bonds. The number of likely N-dealkylation sites (tertiary alicyclic amines) is 1. The summed E-state index contributed by atoms with van der Waals surface area (Å²) in [4.78, 5) is 108. The second kappa shape index (κ2) is 25.8. The van der Waals surface area contributed by atoms with Crippen LogP contribution in [0.2, 0.25) is 0 Å². The number of nitrogens with two attached hydrogens (primary N) is 2. The second-order valence-corrected chi connectivity index (χ2v) is 16.8. The monoisotopic (exact) mass is 859 g/mol. The van der Waals surface area contributed by atoms with Gasteiger partial charge in [-0.3, -0.25) is 33.6 Å². The minimum absolute atomic E-state index is 0.0259. The van der Waals surface area contributed by atoms with E-state index in [0.29, 0.717) is 69.5 Å². The van der Waals surface area contributed by atoms with E-state index in [1.807, 2.05) is 6.26 Å². The molecule has 1 aromatic carbocycles. The van der Waals surface area contributed by atoms with Crippen molar-refractivity contribution in [2.75, 3.05) is 31.6 Å². The van der Waals surface area contributed by atoms with Gasteiger partial charge in [-0.25, -0.2) is 4.79 Å². The molecule has 0 aliphatic carbocycles. The van der Waals surface area contributed by atoms with Crippen molar-refractivity contribution in [2.24, 2.45) is 17.4 Å². The number of hydrogen-bond acceptors (Lipinski definition) is 11. The van der Waals surface area contributed by atoms with E-state index >= 15 is 0 Å². The maximum absolute atomic E-state index is 14.0. The summed E-state index contributed by atoms with van der Waals surface area (Å²) >= 11 is 1.44. The molecule has 2 aliphatic heterocycles. The standard InChI is InChI=1S/C41H65N9O9S/c1-25(2)34(39(56)47-29(19-23-60-3)36(53)48-31(41(58)59)24-26-12-6-4-7-13-26)49-37(54)27(14-8-5-9-20-42)45-35(52)28(17-18-33(43)51)46-38(55)32-16-11-22-50(32)40(57)30-15-10-21-44-30/h4,6-7,12-13,25,27-32,34,44H,5,8-11,14-24,42H2,1-3H3,(H2,43,51)(H,45,52)(H,46,55)(H,47,56)(H,48,53)(H,49,54)(H,58,59)/t27-,28-,29-,30-,31-,32-,34-/m0/s1. The van der Waals surface area contributed by atoms with E-state index < -0.39 is 83.6 Å². The zero-order valence-corrected chi connectivity index (χ0v) is 35.9. The fraction of sp³-hybridized carbons (Fsp3) is 0.659. The lowest BCUT2D eigenvalue weighted by Crippen LogP contribution is -2.60. The van der Waals surface area contributed by atoms with Crippen molar-refractivity contribution in [2.45, 2.75) is 133 Å². The first-order valence-corrected chi connectivity index (χ1v) is 22.4. The smallest absolute Gasteiger partial charge is 0.326 e. The summed E-state index contributed by atoms with van der Waals surface area (Å²) < 4.78 is 0. The number of nitrogens with zero attached hydrogens (tertiary/aromatic N) is 1. The Kier molecular flexibility index (Phi) is 21.3. The number of amides is 7. The molecule has 0 saturated carbocycles. The van der Waals surface area contributed by atoms with Crippen molar-refractivity contribution in [1.82, 2.24) is 36.8 Å². The van der Waals surface area contributed by atoms with Crippen LogP contribution >= 0.6 is 11.8 Å². The van der Waals surface area contributed by atoms with E-state index in [-0.39, 0.29) is 44.1 Å². The molecule has 0 spiro atoms. The average Bonchev–Trinajstić information content (AvgIpc) is 3.94. The number of carbonyl (C=O) groups excluding carboxylic acids is 7. The Balaban J connectivity index is 1.77. The fourth-order valence-electron chi connectivity index (χ4n) is 7.31. The number of rotatable bonds is 26. The molecule has 2 fully saturated rings. The van der Waals surface area contributed by atoms with E-state index in [0.717, 1.165) is 6.42 Å². The predicted octanol–water partition coefficient (Wildman–Crippen LogP) is -0.326. The summed E-state index contributed by atoms with van der Waals surface area (Å²) in [5.41, 5.74) is 11.8. The molecule has 0 bridgehead atoms. The Morgan fingerprint density at radius 2 is 1.43 bits per heavy atom. The molecule has 0 aromatic heterocycles. The number of thioether (sulfide) groups is 1. The van der Waals surface area contributed by atoms with Crippen molar-refractivity contribution in [3.63, 3.8) is 0 Å². The van der Waals surface area contributed by atoms with Crippen molar-refractivity contribution in [3.05, 3.63) is 35.9 Å². The number of carboxylic acid groups (broad SMARTS) is 1. The number of primary amides is 1. The Hall–Kier alpha value is -4.75.